The maximum absolute atomic E-state index is 3.68. The van der Waals surface area contributed by atoms with Crippen LogP contribution in [0.1, 0.15) is 5.69 Å². The first-order valence-electron chi connectivity index (χ1n) is 9.23. The SMILES string of the molecule is Cc1[nH]c2ccccc2c1-c1cc(-c2ccccc2)[nH]c1-c1ccccc1. The lowest BCUT2D eigenvalue weighted by Gasteiger charge is -2.05. The summed E-state index contributed by atoms with van der Waals surface area (Å²) in [6, 6.07) is 31.8. The molecular weight excluding hydrogens is 328 g/mol. The van der Waals surface area contributed by atoms with Crippen molar-refractivity contribution in [3.05, 3.63) is 96.7 Å². The van der Waals surface area contributed by atoms with Gasteiger partial charge in [-0.05, 0) is 30.2 Å². The average Bonchev–Trinajstić information content (AvgIpc) is 3.29. The van der Waals surface area contributed by atoms with Gasteiger partial charge in [-0.1, -0.05) is 78.9 Å². The fraction of sp³-hybridized carbons (Fsp3) is 0.0400. The molecule has 3 aromatic carbocycles. The monoisotopic (exact) mass is 348 g/mol. The van der Waals surface area contributed by atoms with E-state index in [9.17, 15) is 0 Å². The van der Waals surface area contributed by atoms with Gasteiger partial charge in [-0.3, -0.25) is 0 Å². The van der Waals surface area contributed by atoms with E-state index in [0.717, 1.165) is 11.4 Å². The minimum Gasteiger partial charge on any atom is -0.358 e. The summed E-state index contributed by atoms with van der Waals surface area (Å²) in [4.78, 5) is 7.22. The van der Waals surface area contributed by atoms with Crippen molar-refractivity contribution < 1.29 is 0 Å². The molecule has 0 saturated carbocycles. The quantitative estimate of drug-likeness (QED) is 0.359. The van der Waals surface area contributed by atoms with Crippen molar-refractivity contribution in [2.75, 3.05) is 0 Å². The molecule has 5 rings (SSSR count). The van der Waals surface area contributed by atoms with E-state index >= 15 is 0 Å². The third kappa shape index (κ3) is 2.67. The summed E-state index contributed by atoms with van der Waals surface area (Å²) in [5, 5.41) is 1.26. The van der Waals surface area contributed by atoms with E-state index in [0.29, 0.717) is 0 Å². The Labute approximate surface area is 158 Å². The molecule has 2 N–H and O–H groups in total. The topological polar surface area (TPSA) is 31.6 Å². The van der Waals surface area contributed by atoms with Crippen molar-refractivity contribution in [2.24, 2.45) is 0 Å². The zero-order valence-electron chi connectivity index (χ0n) is 15.2. The number of rotatable bonds is 3. The highest BCUT2D eigenvalue weighted by Gasteiger charge is 2.18. The maximum atomic E-state index is 3.68. The molecule has 2 aromatic heterocycles. The van der Waals surface area contributed by atoms with Crippen LogP contribution < -0.4 is 0 Å². The summed E-state index contributed by atoms with van der Waals surface area (Å²) < 4.78 is 0. The van der Waals surface area contributed by atoms with Crippen molar-refractivity contribution in [1.29, 1.82) is 0 Å². The molecule has 2 heterocycles. The number of H-pyrrole nitrogens is 2. The lowest BCUT2D eigenvalue weighted by atomic mass is 9.98. The molecule has 0 bridgehead atoms. The Balaban J connectivity index is 1.80. The van der Waals surface area contributed by atoms with Gasteiger partial charge < -0.3 is 9.97 Å². The van der Waals surface area contributed by atoms with E-state index in [4.69, 9.17) is 0 Å². The summed E-state index contributed by atoms with van der Waals surface area (Å²) in [5.41, 5.74) is 9.53. The second-order valence-corrected chi connectivity index (χ2v) is 6.87. The van der Waals surface area contributed by atoms with Gasteiger partial charge in [-0.15, -0.1) is 0 Å². The van der Waals surface area contributed by atoms with E-state index in [-0.39, 0.29) is 0 Å². The Morgan fingerprint density at radius 3 is 2.00 bits per heavy atom. The molecule has 130 valence electrons. The molecule has 0 aliphatic rings. The lowest BCUT2D eigenvalue weighted by Crippen LogP contribution is -1.83. The molecule has 0 radical (unpaired) electrons. The predicted molar refractivity (Wildman–Crippen MR) is 114 cm³/mol. The summed E-state index contributed by atoms with van der Waals surface area (Å²) >= 11 is 0. The molecule has 5 aromatic rings. The number of para-hydroxylation sites is 1. The van der Waals surface area contributed by atoms with Crippen LogP contribution in [0.4, 0.5) is 0 Å². The highest BCUT2D eigenvalue weighted by molar-refractivity contribution is 6.02. The number of hydrogen-bond acceptors (Lipinski definition) is 0. The smallest absolute Gasteiger partial charge is 0.0539 e. The zero-order valence-corrected chi connectivity index (χ0v) is 15.2. The zero-order chi connectivity index (χ0) is 18.2. The van der Waals surface area contributed by atoms with Gasteiger partial charge in [0.15, 0.2) is 0 Å². The Morgan fingerprint density at radius 1 is 0.630 bits per heavy atom. The maximum Gasteiger partial charge on any atom is 0.0539 e. The van der Waals surface area contributed by atoms with Crippen molar-refractivity contribution in [2.45, 2.75) is 6.92 Å². The molecule has 0 saturated heterocycles. The van der Waals surface area contributed by atoms with Crippen LogP contribution in [0, 0.1) is 6.92 Å². The van der Waals surface area contributed by atoms with E-state index in [1.165, 1.54) is 38.9 Å². The number of aromatic nitrogens is 2. The van der Waals surface area contributed by atoms with Gasteiger partial charge >= 0.3 is 0 Å². The molecule has 0 aliphatic heterocycles. The van der Waals surface area contributed by atoms with Crippen LogP contribution in [0.25, 0.3) is 44.5 Å². The van der Waals surface area contributed by atoms with Gasteiger partial charge in [0.2, 0.25) is 0 Å². The molecule has 2 nitrogen and oxygen atoms in total. The van der Waals surface area contributed by atoms with Gasteiger partial charge in [0.1, 0.15) is 0 Å². The molecular formula is C25H20N2. The van der Waals surface area contributed by atoms with Crippen LogP contribution >= 0.6 is 0 Å². The third-order valence-corrected chi connectivity index (χ3v) is 5.13. The van der Waals surface area contributed by atoms with Crippen molar-refractivity contribution in [3.63, 3.8) is 0 Å². The van der Waals surface area contributed by atoms with Gasteiger partial charge in [-0.25, -0.2) is 0 Å². The molecule has 0 amide bonds. The van der Waals surface area contributed by atoms with Crippen molar-refractivity contribution >= 4 is 10.9 Å². The highest BCUT2D eigenvalue weighted by atomic mass is 14.8. The Kier molecular flexibility index (Phi) is 3.68. The fourth-order valence-corrected chi connectivity index (χ4v) is 3.88. The van der Waals surface area contributed by atoms with Crippen LogP contribution in [0.5, 0.6) is 0 Å². The van der Waals surface area contributed by atoms with Gasteiger partial charge in [0, 0.05) is 33.4 Å². The van der Waals surface area contributed by atoms with E-state index in [1.807, 2.05) is 0 Å². The number of nitrogens with one attached hydrogen (secondary N) is 2. The summed E-state index contributed by atoms with van der Waals surface area (Å²) in [7, 11) is 0. The lowest BCUT2D eigenvalue weighted by molar-refractivity contribution is 1.30. The second kappa shape index (κ2) is 6.33. The minimum atomic E-state index is 1.13. The summed E-state index contributed by atoms with van der Waals surface area (Å²) in [6.45, 7) is 2.15. The van der Waals surface area contributed by atoms with Gasteiger partial charge in [-0.2, -0.15) is 0 Å². The predicted octanol–water partition coefficient (Wildman–Crippen LogP) is 6.81. The molecule has 27 heavy (non-hydrogen) atoms. The van der Waals surface area contributed by atoms with E-state index in [1.54, 1.807) is 0 Å². The number of benzene rings is 3. The van der Waals surface area contributed by atoms with Crippen LogP contribution in [0.15, 0.2) is 91.0 Å². The summed E-state index contributed by atoms with van der Waals surface area (Å²) in [5.74, 6) is 0. The molecule has 0 fully saturated rings. The van der Waals surface area contributed by atoms with E-state index < -0.39 is 0 Å². The number of aryl methyl sites for hydroxylation is 1. The number of hydrogen-bond donors (Lipinski definition) is 2. The standard InChI is InChI=1S/C25H20N2/c1-17-24(20-14-8-9-15-22(20)26-17)21-16-23(18-10-4-2-5-11-18)27-25(21)19-12-6-3-7-13-19/h2-16,26-27H,1H3. The minimum absolute atomic E-state index is 1.13. The molecule has 0 spiro atoms. The van der Waals surface area contributed by atoms with Crippen LogP contribution in [-0.4, -0.2) is 9.97 Å². The Morgan fingerprint density at radius 2 is 1.26 bits per heavy atom. The third-order valence-electron chi connectivity index (χ3n) is 5.13. The Bertz CT molecular complexity index is 1210. The molecule has 0 unspecified atom stereocenters. The van der Waals surface area contributed by atoms with Gasteiger partial charge in [0.05, 0.1) is 5.69 Å². The molecule has 2 heteroatoms. The summed E-state index contributed by atoms with van der Waals surface area (Å²) in [6.07, 6.45) is 0. The first-order valence-corrected chi connectivity index (χ1v) is 9.23. The van der Waals surface area contributed by atoms with Gasteiger partial charge in [0.25, 0.3) is 0 Å². The molecule has 0 aliphatic carbocycles. The van der Waals surface area contributed by atoms with Crippen LogP contribution in [0.2, 0.25) is 0 Å². The normalized spacial score (nSPS) is 11.1. The van der Waals surface area contributed by atoms with Crippen molar-refractivity contribution in [3.8, 4) is 33.6 Å². The second-order valence-electron chi connectivity index (χ2n) is 6.87. The van der Waals surface area contributed by atoms with Crippen molar-refractivity contribution in [1.82, 2.24) is 9.97 Å². The first-order chi connectivity index (χ1) is 13.3. The largest absolute Gasteiger partial charge is 0.358 e. The number of aromatic amines is 2. The average molecular weight is 348 g/mol. The van der Waals surface area contributed by atoms with Crippen LogP contribution in [0.3, 0.4) is 0 Å². The fourth-order valence-electron chi connectivity index (χ4n) is 3.88. The molecule has 0 atom stereocenters. The Hall–Kier alpha value is -3.52. The number of fused-ring (bicyclic) bond motifs is 1. The van der Waals surface area contributed by atoms with E-state index in [2.05, 4.69) is 108 Å². The first kappa shape index (κ1) is 15.7. The highest BCUT2D eigenvalue weighted by Crippen LogP contribution is 2.40. The van der Waals surface area contributed by atoms with Crippen LogP contribution in [-0.2, 0) is 0 Å².